The lowest BCUT2D eigenvalue weighted by atomic mass is 9.65. The van der Waals surface area contributed by atoms with Crippen molar-refractivity contribution in [2.45, 2.75) is 5.41 Å². The number of para-hydroxylation sites is 1. The van der Waals surface area contributed by atoms with E-state index in [9.17, 15) is 0 Å². The second-order valence-corrected chi connectivity index (χ2v) is 17.2. The third kappa shape index (κ3) is 5.81. The van der Waals surface area contributed by atoms with Crippen LogP contribution in [-0.2, 0) is 5.41 Å². The average molecular weight is 828 g/mol. The van der Waals surface area contributed by atoms with Crippen LogP contribution in [-0.4, -0.2) is 0 Å². The molecule has 13 rings (SSSR count). The van der Waals surface area contributed by atoms with Crippen molar-refractivity contribution in [3.05, 3.63) is 271 Å². The van der Waals surface area contributed by atoms with E-state index in [1.165, 1.54) is 55.6 Å². The van der Waals surface area contributed by atoms with E-state index in [0.717, 1.165) is 61.2 Å². The van der Waals surface area contributed by atoms with Crippen molar-refractivity contribution in [1.82, 2.24) is 0 Å². The summed E-state index contributed by atoms with van der Waals surface area (Å²) in [5.41, 5.74) is 17.2. The number of hydrogen-bond donors (Lipinski definition) is 0. The molecule has 1 aliphatic heterocycles. The maximum atomic E-state index is 7.21. The lowest BCUT2D eigenvalue weighted by molar-refractivity contribution is 0.447. The summed E-state index contributed by atoms with van der Waals surface area (Å²) < 4.78 is 7.21. The van der Waals surface area contributed by atoms with Gasteiger partial charge in [0.2, 0.25) is 0 Å². The maximum absolute atomic E-state index is 7.21. The summed E-state index contributed by atoms with van der Waals surface area (Å²) in [4.78, 5) is 2.36. The Hall–Kier alpha value is -8.46. The van der Waals surface area contributed by atoms with Crippen molar-refractivity contribution in [2.75, 3.05) is 4.90 Å². The van der Waals surface area contributed by atoms with E-state index in [4.69, 9.17) is 4.74 Å². The molecule has 65 heavy (non-hydrogen) atoms. The first-order valence-corrected chi connectivity index (χ1v) is 22.4. The first-order chi connectivity index (χ1) is 32.2. The molecule has 0 unspecified atom stereocenters. The molecule has 1 aliphatic carbocycles. The van der Waals surface area contributed by atoms with Gasteiger partial charge in [0, 0.05) is 39.0 Å². The number of rotatable bonds is 6. The number of hydrogen-bond acceptors (Lipinski definition) is 2. The zero-order valence-corrected chi connectivity index (χ0v) is 35.5. The number of nitrogens with zero attached hydrogens (tertiary/aromatic N) is 1. The average Bonchev–Trinajstić information content (AvgIpc) is 3.67. The first-order valence-electron chi connectivity index (χ1n) is 22.4. The van der Waals surface area contributed by atoms with Crippen LogP contribution in [0.5, 0.6) is 11.5 Å². The summed E-state index contributed by atoms with van der Waals surface area (Å²) in [7, 11) is 0. The molecule has 1 spiro atoms. The molecule has 2 aliphatic rings. The molecule has 0 saturated carbocycles. The van der Waals surface area contributed by atoms with Crippen LogP contribution < -0.4 is 9.64 Å². The summed E-state index contributed by atoms with van der Waals surface area (Å²) in [6.07, 6.45) is 0. The van der Waals surface area contributed by atoms with Gasteiger partial charge < -0.3 is 9.64 Å². The maximum Gasteiger partial charge on any atom is 0.140 e. The van der Waals surface area contributed by atoms with E-state index in [1.54, 1.807) is 0 Å². The van der Waals surface area contributed by atoms with Gasteiger partial charge >= 0.3 is 0 Å². The molecule has 0 radical (unpaired) electrons. The van der Waals surface area contributed by atoms with Gasteiger partial charge in [0.1, 0.15) is 11.5 Å². The smallest absolute Gasteiger partial charge is 0.140 e. The third-order valence-electron chi connectivity index (χ3n) is 13.7. The predicted octanol–water partition coefficient (Wildman–Crippen LogP) is 16.9. The topological polar surface area (TPSA) is 12.5 Å². The highest BCUT2D eigenvalue weighted by molar-refractivity contribution is 6.00. The molecule has 0 amide bonds. The Morgan fingerprint density at radius 1 is 0.277 bits per heavy atom. The Morgan fingerprint density at radius 3 is 1.40 bits per heavy atom. The second-order valence-electron chi connectivity index (χ2n) is 17.2. The minimum Gasteiger partial charge on any atom is -0.455 e. The number of anilines is 3. The monoisotopic (exact) mass is 827 g/mol. The van der Waals surface area contributed by atoms with Crippen LogP contribution in [0.1, 0.15) is 22.3 Å². The first kappa shape index (κ1) is 37.1. The van der Waals surface area contributed by atoms with Crippen LogP contribution in [0.2, 0.25) is 0 Å². The molecular weight excluding hydrogens is 787 g/mol. The molecule has 1 heterocycles. The number of ether oxygens (including phenoxy) is 1. The van der Waals surface area contributed by atoms with Crippen LogP contribution in [0.4, 0.5) is 17.1 Å². The van der Waals surface area contributed by atoms with Gasteiger partial charge in [-0.3, -0.25) is 0 Å². The molecule has 11 aromatic rings. The van der Waals surface area contributed by atoms with Gasteiger partial charge in [0.25, 0.3) is 0 Å². The van der Waals surface area contributed by atoms with Gasteiger partial charge in [0.05, 0.1) is 5.41 Å². The Balaban J connectivity index is 0.953. The fraction of sp³-hybridized carbons (Fsp3) is 0.0159. The quantitative estimate of drug-likeness (QED) is 0.166. The Morgan fingerprint density at radius 2 is 0.738 bits per heavy atom. The number of benzene rings is 11. The Bertz CT molecular complexity index is 3530. The summed E-state index contributed by atoms with van der Waals surface area (Å²) >= 11 is 0. The molecule has 304 valence electrons. The zero-order chi connectivity index (χ0) is 42.9. The summed E-state index contributed by atoms with van der Waals surface area (Å²) in [5.74, 6) is 1.85. The molecule has 0 N–H and O–H groups in total. The van der Waals surface area contributed by atoms with Gasteiger partial charge in [-0.05, 0) is 109 Å². The van der Waals surface area contributed by atoms with Crippen molar-refractivity contribution in [1.29, 1.82) is 0 Å². The molecule has 2 nitrogen and oxygen atoms in total. The fourth-order valence-corrected chi connectivity index (χ4v) is 10.7. The van der Waals surface area contributed by atoms with Crippen LogP contribution in [0.25, 0.3) is 66.1 Å². The predicted molar refractivity (Wildman–Crippen MR) is 270 cm³/mol. The van der Waals surface area contributed by atoms with E-state index in [2.05, 4.69) is 254 Å². The van der Waals surface area contributed by atoms with Gasteiger partial charge in [-0.15, -0.1) is 0 Å². The van der Waals surface area contributed by atoms with Crippen molar-refractivity contribution < 1.29 is 4.74 Å². The molecule has 0 saturated heterocycles. The molecule has 11 aromatic carbocycles. The van der Waals surface area contributed by atoms with Gasteiger partial charge in [-0.25, -0.2) is 0 Å². The van der Waals surface area contributed by atoms with Crippen LogP contribution in [0.15, 0.2) is 249 Å². The highest BCUT2D eigenvalue weighted by atomic mass is 16.5. The summed E-state index contributed by atoms with van der Waals surface area (Å²) in [6.45, 7) is 0. The Labute approximate surface area is 378 Å². The minimum absolute atomic E-state index is 0.615. The standard InChI is InChI=1S/C63H41NO/c1-3-14-42(15-4-1)43-26-28-44(29-27-43)45-30-35-51(36-31-45)64(50-19-5-2-6-20-50)52-21-13-18-48(40-52)49-32-37-56-55-24-11-12-25-57(55)63(60(56)41-49)58-38-33-46-16-7-9-22-53(46)61(58)65-62-54-23-10-8-17-47(54)34-39-59(62)63/h1-41H. The molecule has 0 bridgehead atoms. The van der Waals surface area contributed by atoms with Crippen molar-refractivity contribution in [2.24, 2.45) is 0 Å². The molecule has 2 heteroatoms. The van der Waals surface area contributed by atoms with Crippen molar-refractivity contribution >= 4 is 38.6 Å². The Kier molecular flexibility index (Phi) is 8.47. The van der Waals surface area contributed by atoms with Crippen LogP contribution >= 0.6 is 0 Å². The van der Waals surface area contributed by atoms with E-state index >= 15 is 0 Å². The summed E-state index contributed by atoms with van der Waals surface area (Å²) in [5, 5.41) is 4.56. The third-order valence-corrected chi connectivity index (χ3v) is 13.7. The van der Waals surface area contributed by atoms with E-state index in [1.807, 2.05) is 0 Å². The fourth-order valence-electron chi connectivity index (χ4n) is 10.7. The lowest BCUT2D eigenvalue weighted by Gasteiger charge is -2.40. The van der Waals surface area contributed by atoms with Crippen LogP contribution in [0, 0.1) is 0 Å². The van der Waals surface area contributed by atoms with E-state index in [-0.39, 0.29) is 0 Å². The van der Waals surface area contributed by atoms with Gasteiger partial charge in [0.15, 0.2) is 0 Å². The normalized spacial score (nSPS) is 12.9. The van der Waals surface area contributed by atoms with Gasteiger partial charge in [-0.2, -0.15) is 0 Å². The summed E-state index contributed by atoms with van der Waals surface area (Å²) in [6, 6.07) is 90.6. The largest absolute Gasteiger partial charge is 0.455 e. The molecular formula is C63H41NO. The SMILES string of the molecule is c1ccc(-c2ccc(-c3ccc(N(c4ccccc4)c4cccc(-c5ccc6c(c5)C5(c7ccccc7-6)c6ccc7ccccc7c6Oc6c5ccc5ccccc65)c4)cc3)cc2)cc1. The lowest BCUT2D eigenvalue weighted by Crippen LogP contribution is -2.32. The molecule has 0 aromatic heterocycles. The van der Waals surface area contributed by atoms with Gasteiger partial charge in [-0.1, -0.05) is 206 Å². The number of fused-ring (bicyclic) bond motifs is 13. The zero-order valence-electron chi connectivity index (χ0n) is 35.5. The van der Waals surface area contributed by atoms with Crippen molar-refractivity contribution in [3.8, 4) is 56.0 Å². The highest BCUT2D eigenvalue weighted by Gasteiger charge is 2.52. The minimum atomic E-state index is -0.615. The van der Waals surface area contributed by atoms with E-state index in [0.29, 0.717) is 0 Å². The molecule has 0 atom stereocenters. The highest BCUT2D eigenvalue weighted by Crippen LogP contribution is 2.64. The van der Waals surface area contributed by atoms with Crippen LogP contribution in [0.3, 0.4) is 0 Å². The van der Waals surface area contributed by atoms with E-state index < -0.39 is 5.41 Å². The van der Waals surface area contributed by atoms with Crippen molar-refractivity contribution in [3.63, 3.8) is 0 Å². The second kappa shape index (κ2) is 14.8. The molecule has 0 fully saturated rings.